The van der Waals surface area contributed by atoms with Crippen molar-refractivity contribution in [2.45, 2.75) is 32.2 Å². The van der Waals surface area contributed by atoms with Crippen LogP contribution < -0.4 is 11.1 Å². The van der Waals surface area contributed by atoms with E-state index in [9.17, 15) is 4.79 Å². The fraction of sp³-hybridized carbons (Fsp3) is 0.500. The highest BCUT2D eigenvalue weighted by atomic mass is 79.9. The number of benzene rings is 1. The summed E-state index contributed by atoms with van der Waals surface area (Å²) in [5.74, 6) is 0.0224. The van der Waals surface area contributed by atoms with Crippen LogP contribution in [-0.4, -0.2) is 24.7 Å². The van der Waals surface area contributed by atoms with E-state index in [2.05, 4.69) is 26.2 Å². The first-order chi connectivity index (χ1) is 10.2. The molecular formula is C16H22BrN3O. The Hall–Kier alpha value is -1.20. The second-order valence-electron chi connectivity index (χ2n) is 5.30. The third-order valence-electron chi connectivity index (χ3n) is 3.72. The molecule has 1 amide bonds. The molecule has 0 bridgehead atoms. The van der Waals surface area contributed by atoms with Crippen LogP contribution in [0.25, 0.3) is 0 Å². The number of halogens is 1. The van der Waals surface area contributed by atoms with Crippen molar-refractivity contribution in [1.82, 2.24) is 5.32 Å². The van der Waals surface area contributed by atoms with Gasteiger partial charge in [-0.1, -0.05) is 34.5 Å². The van der Waals surface area contributed by atoms with Gasteiger partial charge in [-0.15, -0.1) is 0 Å². The Bertz CT molecular complexity index is 499. The molecule has 1 unspecified atom stereocenters. The van der Waals surface area contributed by atoms with Gasteiger partial charge in [0.25, 0.3) is 0 Å². The van der Waals surface area contributed by atoms with E-state index in [1.807, 2.05) is 24.3 Å². The molecule has 0 saturated heterocycles. The fourth-order valence-electron chi connectivity index (χ4n) is 2.59. The molecule has 1 aliphatic rings. The summed E-state index contributed by atoms with van der Waals surface area (Å²) in [5.41, 5.74) is 7.63. The van der Waals surface area contributed by atoms with E-state index in [0.29, 0.717) is 19.6 Å². The Morgan fingerprint density at radius 2 is 2.10 bits per heavy atom. The van der Waals surface area contributed by atoms with Gasteiger partial charge in [-0.05, 0) is 37.0 Å². The van der Waals surface area contributed by atoms with Crippen molar-refractivity contribution in [1.29, 1.82) is 0 Å². The van der Waals surface area contributed by atoms with Gasteiger partial charge < -0.3 is 11.1 Å². The van der Waals surface area contributed by atoms with Crippen molar-refractivity contribution in [3.8, 4) is 0 Å². The van der Waals surface area contributed by atoms with Crippen molar-refractivity contribution < 1.29 is 4.79 Å². The fourth-order valence-corrected chi connectivity index (χ4v) is 2.85. The smallest absolute Gasteiger partial charge is 0.229 e. The maximum Gasteiger partial charge on any atom is 0.229 e. The number of carbonyl (C=O) groups is 1. The second kappa shape index (κ2) is 8.29. The van der Waals surface area contributed by atoms with Crippen molar-refractivity contribution in [2.24, 2.45) is 16.6 Å². The first-order valence-corrected chi connectivity index (χ1v) is 8.25. The lowest BCUT2D eigenvalue weighted by Gasteiger charge is -2.23. The molecule has 0 spiro atoms. The van der Waals surface area contributed by atoms with Gasteiger partial charge in [-0.2, -0.15) is 0 Å². The van der Waals surface area contributed by atoms with Crippen LogP contribution >= 0.6 is 15.9 Å². The number of hydrogen-bond donors (Lipinski definition) is 2. The lowest BCUT2D eigenvalue weighted by atomic mass is 9.86. The van der Waals surface area contributed by atoms with Gasteiger partial charge >= 0.3 is 0 Å². The van der Waals surface area contributed by atoms with Crippen molar-refractivity contribution >= 4 is 27.5 Å². The largest absolute Gasteiger partial charge is 0.351 e. The van der Waals surface area contributed by atoms with Crippen LogP contribution in [0.15, 0.2) is 33.7 Å². The molecule has 1 atom stereocenters. The number of nitrogens with zero attached hydrogens (tertiary/aromatic N) is 1. The molecule has 1 saturated carbocycles. The molecule has 0 radical (unpaired) electrons. The van der Waals surface area contributed by atoms with Gasteiger partial charge in [-0.3, -0.25) is 9.79 Å². The maximum absolute atomic E-state index is 12.4. The predicted octanol–water partition coefficient (Wildman–Crippen LogP) is 2.66. The molecule has 1 aliphatic carbocycles. The minimum atomic E-state index is -0.0688. The molecule has 4 nitrogen and oxygen atoms in total. The van der Waals surface area contributed by atoms with Crippen molar-refractivity contribution in [3.05, 3.63) is 34.3 Å². The van der Waals surface area contributed by atoms with Crippen LogP contribution in [0.1, 0.15) is 31.2 Å². The number of nitrogens with two attached hydrogens (primary N) is 1. The normalized spacial score (nSPS) is 20.5. The third-order valence-corrected chi connectivity index (χ3v) is 4.25. The Morgan fingerprint density at radius 1 is 1.33 bits per heavy atom. The van der Waals surface area contributed by atoms with E-state index in [-0.39, 0.29) is 11.8 Å². The molecule has 1 aromatic rings. The molecule has 21 heavy (non-hydrogen) atoms. The number of rotatable bonds is 5. The van der Waals surface area contributed by atoms with Crippen LogP contribution in [0.2, 0.25) is 0 Å². The van der Waals surface area contributed by atoms with Gasteiger partial charge in [0.1, 0.15) is 0 Å². The van der Waals surface area contributed by atoms with Crippen LogP contribution in [0, 0.1) is 5.92 Å². The van der Waals surface area contributed by atoms with E-state index in [1.165, 1.54) is 0 Å². The standard InChI is InChI=1S/C16H22BrN3O/c17-13-7-5-12(6-8-13)11-20-16(21)14-3-1-2-4-15(14)19-10-9-18/h5-8,14H,1-4,9-11,18H2,(H,20,21). The Morgan fingerprint density at radius 3 is 2.81 bits per heavy atom. The molecule has 114 valence electrons. The highest BCUT2D eigenvalue weighted by molar-refractivity contribution is 9.10. The van der Waals surface area contributed by atoms with Gasteiger partial charge in [0.15, 0.2) is 0 Å². The number of carbonyl (C=O) groups excluding carboxylic acids is 1. The highest BCUT2D eigenvalue weighted by Gasteiger charge is 2.26. The summed E-state index contributed by atoms with van der Waals surface area (Å²) in [6.07, 6.45) is 4.05. The number of amides is 1. The van der Waals surface area contributed by atoms with Gasteiger partial charge in [-0.25, -0.2) is 0 Å². The zero-order valence-corrected chi connectivity index (χ0v) is 13.7. The molecule has 0 aromatic heterocycles. The summed E-state index contributed by atoms with van der Waals surface area (Å²) in [6, 6.07) is 7.98. The number of hydrogen-bond acceptors (Lipinski definition) is 3. The molecule has 0 aliphatic heterocycles. The lowest BCUT2D eigenvalue weighted by molar-refractivity contribution is -0.123. The first kappa shape index (κ1) is 16.2. The molecule has 0 heterocycles. The van der Waals surface area contributed by atoms with E-state index in [0.717, 1.165) is 41.4 Å². The van der Waals surface area contributed by atoms with E-state index < -0.39 is 0 Å². The molecular weight excluding hydrogens is 330 g/mol. The monoisotopic (exact) mass is 351 g/mol. The number of nitrogens with one attached hydrogen (secondary N) is 1. The molecule has 3 N–H and O–H groups in total. The summed E-state index contributed by atoms with van der Waals surface area (Å²) in [4.78, 5) is 16.9. The van der Waals surface area contributed by atoms with Gasteiger partial charge in [0, 0.05) is 23.3 Å². The Balaban J connectivity index is 1.92. The van der Waals surface area contributed by atoms with Crippen LogP contribution in [0.4, 0.5) is 0 Å². The van der Waals surface area contributed by atoms with Gasteiger partial charge in [0.2, 0.25) is 5.91 Å². The van der Waals surface area contributed by atoms with Crippen LogP contribution in [0.5, 0.6) is 0 Å². The topological polar surface area (TPSA) is 67.5 Å². The average Bonchev–Trinajstić information content (AvgIpc) is 2.52. The first-order valence-electron chi connectivity index (χ1n) is 7.46. The Labute approximate surface area is 134 Å². The molecule has 1 aromatic carbocycles. The summed E-state index contributed by atoms with van der Waals surface area (Å²) < 4.78 is 1.04. The molecule has 1 fully saturated rings. The van der Waals surface area contributed by atoms with E-state index in [4.69, 9.17) is 5.73 Å². The maximum atomic E-state index is 12.4. The average molecular weight is 352 g/mol. The molecule has 2 rings (SSSR count). The van der Waals surface area contributed by atoms with Crippen LogP contribution in [0.3, 0.4) is 0 Å². The van der Waals surface area contributed by atoms with Gasteiger partial charge in [0.05, 0.1) is 12.5 Å². The van der Waals surface area contributed by atoms with Crippen molar-refractivity contribution in [3.63, 3.8) is 0 Å². The van der Waals surface area contributed by atoms with Crippen LogP contribution in [-0.2, 0) is 11.3 Å². The van der Waals surface area contributed by atoms with E-state index in [1.54, 1.807) is 0 Å². The minimum Gasteiger partial charge on any atom is -0.351 e. The quantitative estimate of drug-likeness (QED) is 0.856. The second-order valence-corrected chi connectivity index (χ2v) is 6.22. The zero-order valence-electron chi connectivity index (χ0n) is 12.1. The van der Waals surface area contributed by atoms with Crippen molar-refractivity contribution in [2.75, 3.05) is 13.1 Å². The lowest BCUT2D eigenvalue weighted by Crippen LogP contribution is -2.37. The minimum absolute atomic E-state index is 0.0688. The summed E-state index contributed by atoms with van der Waals surface area (Å²) in [7, 11) is 0. The molecule has 5 heteroatoms. The predicted molar refractivity (Wildman–Crippen MR) is 89.3 cm³/mol. The third kappa shape index (κ3) is 4.93. The zero-order chi connectivity index (χ0) is 15.1. The van der Waals surface area contributed by atoms with E-state index >= 15 is 0 Å². The summed E-state index contributed by atoms with van der Waals surface area (Å²) in [5, 5.41) is 3.03. The number of aliphatic imine (C=N–C) groups is 1. The summed E-state index contributed by atoms with van der Waals surface area (Å²) in [6.45, 7) is 1.72. The summed E-state index contributed by atoms with van der Waals surface area (Å²) >= 11 is 3.41. The highest BCUT2D eigenvalue weighted by Crippen LogP contribution is 2.22. The Kier molecular flexibility index (Phi) is 6.39. The SMILES string of the molecule is NCCN=C1CCCCC1C(=O)NCc1ccc(Br)cc1.